The summed E-state index contributed by atoms with van der Waals surface area (Å²) < 4.78 is 7.58. The van der Waals surface area contributed by atoms with Gasteiger partial charge in [-0.15, -0.1) is 0 Å². The van der Waals surface area contributed by atoms with Crippen molar-refractivity contribution in [3.8, 4) is 0 Å². The summed E-state index contributed by atoms with van der Waals surface area (Å²) in [6.07, 6.45) is 1.40. The maximum atomic E-state index is 13.3. The number of rotatable bonds is 4. The molecule has 3 aromatic rings. The topological polar surface area (TPSA) is 56.1 Å². The number of ether oxygens (including phenoxy) is 1. The number of carbonyl (C=O) groups is 1. The van der Waals surface area contributed by atoms with Crippen molar-refractivity contribution in [1.29, 1.82) is 0 Å². The van der Waals surface area contributed by atoms with Gasteiger partial charge >= 0.3 is 0 Å². The molecule has 140 valence electrons. The normalized spacial score (nSPS) is 16.4. The Labute approximate surface area is 159 Å². The summed E-state index contributed by atoms with van der Waals surface area (Å²) in [6, 6.07) is 16.3. The number of amides is 1. The number of hydrogen-bond donors (Lipinski definition) is 1. The molecule has 27 heavy (non-hydrogen) atoms. The van der Waals surface area contributed by atoms with Crippen molar-refractivity contribution in [1.82, 2.24) is 14.9 Å². The van der Waals surface area contributed by atoms with Crippen molar-refractivity contribution >= 4 is 16.9 Å². The molecule has 0 spiro atoms. The Bertz CT molecular complexity index is 956. The first-order valence-electron chi connectivity index (χ1n) is 9.44. The number of hydrogen-bond acceptors (Lipinski definition) is 3. The Morgan fingerprint density at radius 3 is 2.67 bits per heavy atom. The fourth-order valence-electron chi connectivity index (χ4n) is 3.97. The Hall–Kier alpha value is -2.66. The van der Waals surface area contributed by atoms with E-state index in [0.29, 0.717) is 32.6 Å². The van der Waals surface area contributed by atoms with Crippen LogP contribution in [0.3, 0.4) is 0 Å². The Morgan fingerprint density at radius 2 is 1.93 bits per heavy atom. The van der Waals surface area contributed by atoms with Gasteiger partial charge in [0, 0.05) is 20.3 Å². The molecule has 1 aliphatic heterocycles. The third-order valence-electron chi connectivity index (χ3n) is 5.64. The predicted octanol–water partition coefficient (Wildman–Crippen LogP) is 3.25. The van der Waals surface area contributed by atoms with Gasteiger partial charge in [0.15, 0.2) is 0 Å². The molecule has 1 aliphatic rings. The van der Waals surface area contributed by atoms with Crippen LogP contribution >= 0.6 is 0 Å². The number of fused-ring (bicyclic) bond motifs is 1. The number of nitrogens with one attached hydrogen (secondary N) is 1. The fourth-order valence-corrected chi connectivity index (χ4v) is 3.97. The van der Waals surface area contributed by atoms with Crippen molar-refractivity contribution in [2.75, 3.05) is 13.2 Å². The zero-order valence-corrected chi connectivity index (χ0v) is 15.9. The molecule has 1 aromatic heterocycles. The van der Waals surface area contributed by atoms with Crippen LogP contribution < -0.4 is 5.32 Å². The van der Waals surface area contributed by atoms with Crippen molar-refractivity contribution in [3.05, 3.63) is 65.5 Å². The van der Waals surface area contributed by atoms with E-state index in [4.69, 9.17) is 9.72 Å². The molecule has 5 heteroatoms. The Morgan fingerprint density at radius 1 is 1.19 bits per heavy atom. The van der Waals surface area contributed by atoms with Gasteiger partial charge in [-0.05, 0) is 43.0 Å². The second-order valence-corrected chi connectivity index (χ2v) is 7.32. The number of imidazole rings is 1. The van der Waals surface area contributed by atoms with Gasteiger partial charge in [0.05, 0.1) is 23.0 Å². The first-order valence-corrected chi connectivity index (χ1v) is 9.44. The highest BCUT2D eigenvalue weighted by atomic mass is 16.5. The quantitative estimate of drug-likeness (QED) is 0.774. The number of aryl methyl sites for hydroxylation is 2. The van der Waals surface area contributed by atoms with Gasteiger partial charge in [-0.3, -0.25) is 4.79 Å². The summed E-state index contributed by atoms with van der Waals surface area (Å²) in [5.41, 5.74) is 3.76. The SMILES string of the molecule is Cc1ccc2c(c1)nc(CNC(=O)C1(c3ccccc3)CCOCC1)n2C. The van der Waals surface area contributed by atoms with Gasteiger partial charge in [-0.1, -0.05) is 36.4 Å². The molecule has 0 radical (unpaired) electrons. The molecular formula is C22H25N3O2. The minimum atomic E-state index is -0.527. The highest BCUT2D eigenvalue weighted by molar-refractivity contribution is 5.88. The van der Waals surface area contributed by atoms with Crippen LogP contribution in [-0.2, 0) is 28.5 Å². The molecule has 0 bridgehead atoms. The maximum absolute atomic E-state index is 13.3. The maximum Gasteiger partial charge on any atom is 0.231 e. The van der Waals surface area contributed by atoms with Gasteiger partial charge in [0.25, 0.3) is 0 Å². The van der Waals surface area contributed by atoms with E-state index >= 15 is 0 Å². The molecule has 4 rings (SSSR count). The first kappa shape index (κ1) is 17.7. The molecule has 1 saturated heterocycles. The molecule has 5 nitrogen and oxygen atoms in total. The summed E-state index contributed by atoms with van der Waals surface area (Å²) in [7, 11) is 1.99. The third-order valence-corrected chi connectivity index (χ3v) is 5.64. The second-order valence-electron chi connectivity index (χ2n) is 7.32. The molecule has 0 atom stereocenters. The Kier molecular flexibility index (Phi) is 4.70. The van der Waals surface area contributed by atoms with Crippen LogP contribution in [0.25, 0.3) is 11.0 Å². The van der Waals surface area contributed by atoms with Gasteiger partial charge in [0.1, 0.15) is 5.82 Å². The van der Waals surface area contributed by atoms with Crippen molar-refractivity contribution in [2.24, 2.45) is 7.05 Å². The van der Waals surface area contributed by atoms with Gasteiger partial charge in [0.2, 0.25) is 5.91 Å². The lowest BCUT2D eigenvalue weighted by Gasteiger charge is -2.36. The van der Waals surface area contributed by atoms with E-state index in [1.54, 1.807) is 0 Å². The summed E-state index contributed by atoms with van der Waals surface area (Å²) in [6.45, 7) is 3.69. The average molecular weight is 363 g/mol. The van der Waals surface area contributed by atoms with Gasteiger partial charge in [-0.2, -0.15) is 0 Å². The lowest BCUT2D eigenvalue weighted by atomic mass is 9.73. The standard InChI is InChI=1S/C22H25N3O2/c1-16-8-9-19-18(14-16)24-20(25(19)2)15-23-21(26)22(10-12-27-13-11-22)17-6-4-3-5-7-17/h3-9,14H,10-13,15H2,1-2H3,(H,23,26). The molecule has 1 N–H and O–H groups in total. The monoisotopic (exact) mass is 363 g/mol. The van der Waals surface area contributed by atoms with Crippen LogP contribution in [0.2, 0.25) is 0 Å². The highest BCUT2D eigenvalue weighted by Crippen LogP contribution is 2.35. The third kappa shape index (κ3) is 3.23. The van der Waals surface area contributed by atoms with Crippen molar-refractivity contribution in [3.63, 3.8) is 0 Å². The molecule has 1 fully saturated rings. The molecule has 0 saturated carbocycles. The van der Waals surface area contributed by atoms with Crippen LogP contribution in [0.5, 0.6) is 0 Å². The zero-order chi connectivity index (χ0) is 18.9. The molecule has 0 aliphatic carbocycles. The zero-order valence-electron chi connectivity index (χ0n) is 15.9. The smallest absolute Gasteiger partial charge is 0.231 e. The van der Waals surface area contributed by atoms with Crippen LogP contribution in [0, 0.1) is 6.92 Å². The van der Waals surface area contributed by atoms with E-state index in [1.807, 2.05) is 41.9 Å². The van der Waals surface area contributed by atoms with E-state index in [2.05, 4.69) is 30.4 Å². The van der Waals surface area contributed by atoms with Gasteiger partial charge in [-0.25, -0.2) is 4.98 Å². The van der Waals surface area contributed by atoms with E-state index < -0.39 is 5.41 Å². The molecule has 2 heterocycles. The minimum Gasteiger partial charge on any atom is -0.381 e. The number of carbonyl (C=O) groups excluding carboxylic acids is 1. The van der Waals surface area contributed by atoms with Gasteiger partial charge < -0.3 is 14.6 Å². The summed E-state index contributed by atoms with van der Waals surface area (Å²) in [5.74, 6) is 0.916. The van der Waals surface area contributed by atoms with E-state index in [0.717, 1.165) is 22.4 Å². The molecule has 2 aromatic carbocycles. The van der Waals surface area contributed by atoms with Crippen LogP contribution in [-0.4, -0.2) is 28.7 Å². The lowest BCUT2D eigenvalue weighted by Crippen LogP contribution is -2.48. The van der Waals surface area contributed by atoms with Crippen molar-refractivity contribution < 1.29 is 9.53 Å². The van der Waals surface area contributed by atoms with Crippen LogP contribution in [0.4, 0.5) is 0 Å². The van der Waals surface area contributed by atoms with Crippen molar-refractivity contribution in [2.45, 2.75) is 31.7 Å². The molecular weight excluding hydrogens is 338 g/mol. The summed E-state index contributed by atoms with van der Waals surface area (Å²) >= 11 is 0. The minimum absolute atomic E-state index is 0.0558. The highest BCUT2D eigenvalue weighted by Gasteiger charge is 2.41. The number of aromatic nitrogens is 2. The predicted molar refractivity (Wildman–Crippen MR) is 105 cm³/mol. The molecule has 0 unspecified atom stereocenters. The number of benzene rings is 2. The summed E-state index contributed by atoms with van der Waals surface area (Å²) in [4.78, 5) is 18.0. The lowest BCUT2D eigenvalue weighted by molar-refractivity contribution is -0.130. The molecule has 1 amide bonds. The van der Waals surface area contributed by atoms with E-state index in [9.17, 15) is 4.79 Å². The first-order chi connectivity index (χ1) is 13.1. The Balaban J connectivity index is 1.58. The van der Waals surface area contributed by atoms with Crippen LogP contribution in [0.1, 0.15) is 29.8 Å². The largest absolute Gasteiger partial charge is 0.381 e. The number of nitrogens with zero attached hydrogens (tertiary/aromatic N) is 2. The average Bonchev–Trinajstić information content (AvgIpc) is 3.02. The fraction of sp³-hybridized carbons (Fsp3) is 0.364. The second kappa shape index (κ2) is 7.16. The summed E-state index contributed by atoms with van der Waals surface area (Å²) in [5, 5.41) is 3.15. The van der Waals surface area contributed by atoms with E-state index in [1.165, 1.54) is 5.56 Å². The van der Waals surface area contributed by atoms with E-state index in [-0.39, 0.29) is 5.91 Å². The van der Waals surface area contributed by atoms with Crippen LogP contribution in [0.15, 0.2) is 48.5 Å².